The Morgan fingerprint density at radius 3 is 2.34 bits per heavy atom. The fraction of sp³-hybridized carbons (Fsp3) is 0.188. The quantitative estimate of drug-likeness (QED) is 0.575. The molecule has 2 aromatic heterocycles. The molecule has 0 radical (unpaired) electrons. The van der Waals surface area contributed by atoms with Gasteiger partial charge in [-0.3, -0.25) is 4.72 Å². The molecule has 2 heterocycles. The first kappa shape index (κ1) is 21.1. The molecule has 0 aliphatic heterocycles. The summed E-state index contributed by atoms with van der Waals surface area (Å²) in [4.78, 5) is -0.401. The van der Waals surface area contributed by atoms with Gasteiger partial charge in [0.1, 0.15) is 0 Å². The van der Waals surface area contributed by atoms with E-state index in [1.54, 1.807) is 24.5 Å². The van der Waals surface area contributed by atoms with E-state index in [2.05, 4.69) is 14.5 Å². The van der Waals surface area contributed by atoms with Crippen molar-refractivity contribution in [2.75, 3.05) is 17.0 Å². The summed E-state index contributed by atoms with van der Waals surface area (Å²) >= 11 is 0. The number of benzene rings is 1. The van der Waals surface area contributed by atoms with E-state index in [4.69, 9.17) is 0 Å². The summed E-state index contributed by atoms with van der Waals surface area (Å²) in [7, 11) is -8.03. The molecule has 0 bridgehead atoms. The number of alkyl halides is 3. The van der Waals surface area contributed by atoms with Crippen molar-refractivity contribution in [2.45, 2.75) is 11.1 Å². The van der Waals surface area contributed by atoms with Crippen LogP contribution in [0.2, 0.25) is 0 Å². The molecular weight excluding hydrogens is 433 g/mol. The van der Waals surface area contributed by atoms with Gasteiger partial charge in [-0.05, 0) is 42.5 Å². The highest BCUT2D eigenvalue weighted by Gasteiger charge is 2.30. The van der Waals surface area contributed by atoms with E-state index in [0.29, 0.717) is 17.6 Å². The largest absolute Gasteiger partial charge is 0.416 e. The van der Waals surface area contributed by atoms with Crippen molar-refractivity contribution in [3.05, 3.63) is 60.4 Å². The van der Waals surface area contributed by atoms with Gasteiger partial charge in [-0.1, -0.05) is 0 Å². The lowest BCUT2D eigenvalue weighted by Crippen LogP contribution is -2.31. The van der Waals surface area contributed by atoms with Crippen molar-refractivity contribution in [3.63, 3.8) is 0 Å². The number of anilines is 1. The number of fused-ring (bicyclic) bond motifs is 1. The number of nitrogens with one attached hydrogen (secondary N) is 2. The maximum absolute atomic E-state index is 12.6. The van der Waals surface area contributed by atoms with E-state index in [1.807, 2.05) is 0 Å². The Bertz CT molecular complexity index is 1220. The number of sulfonamides is 2. The van der Waals surface area contributed by atoms with Crippen LogP contribution in [0.1, 0.15) is 5.56 Å². The highest BCUT2D eigenvalue weighted by atomic mass is 32.2. The highest BCUT2D eigenvalue weighted by molar-refractivity contribution is 7.92. The van der Waals surface area contributed by atoms with Gasteiger partial charge >= 0.3 is 6.18 Å². The second kappa shape index (κ2) is 7.65. The molecule has 3 aromatic rings. The lowest BCUT2D eigenvalue weighted by molar-refractivity contribution is -0.137. The fourth-order valence-electron chi connectivity index (χ4n) is 2.43. The molecule has 156 valence electrons. The standard InChI is InChI=1S/C16H15F3N4O4S2/c17-16(18,19)12-1-3-15(4-2-12)29(26,27)21-8-10-28(24,25)22-13-6-9-23-14(11-13)5-7-20-23/h1-7,9,11,21-22H,8,10H2. The zero-order chi connectivity index (χ0) is 21.3. The number of pyridine rings is 1. The first-order valence-electron chi connectivity index (χ1n) is 8.07. The maximum atomic E-state index is 12.6. The van der Waals surface area contributed by atoms with Crippen molar-refractivity contribution in [2.24, 2.45) is 0 Å². The minimum atomic E-state index is -4.59. The van der Waals surface area contributed by atoms with E-state index in [1.165, 1.54) is 10.6 Å². The molecule has 0 saturated heterocycles. The Labute approximate surface area is 164 Å². The number of nitrogens with zero attached hydrogens (tertiary/aromatic N) is 2. The van der Waals surface area contributed by atoms with Crippen LogP contribution in [0.4, 0.5) is 18.9 Å². The molecular formula is C16H15F3N4O4S2. The van der Waals surface area contributed by atoms with Crippen LogP contribution in [-0.2, 0) is 26.2 Å². The first-order valence-corrected chi connectivity index (χ1v) is 11.2. The third kappa shape index (κ3) is 5.25. The molecule has 2 N–H and O–H groups in total. The van der Waals surface area contributed by atoms with E-state index < -0.39 is 49.0 Å². The molecule has 0 aliphatic rings. The van der Waals surface area contributed by atoms with Crippen molar-refractivity contribution in [1.82, 2.24) is 14.3 Å². The van der Waals surface area contributed by atoms with Gasteiger partial charge in [0.25, 0.3) is 0 Å². The van der Waals surface area contributed by atoms with E-state index in [9.17, 15) is 30.0 Å². The number of hydrogen-bond acceptors (Lipinski definition) is 5. The minimum Gasteiger partial charge on any atom is -0.283 e. The Morgan fingerprint density at radius 1 is 1.00 bits per heavy atom. The van der Waals surface area contributed by atoms with Crippen LogP contribution in [0.15, 0.2) is 59.8 Å². The smallest absolute Gasteiger partial charge is 0.283 e. The SMILES string of the molecule is O=S(=O)(CCNS(=O)(=O)c1ccc(C(F)(F)F)cc1)Nc1ccn2nccc2c1. The molecule has 3 rings (SSSR count). The third-order valence-corrected chi connectivity index (χ3v) is 6.59. The summed E-state index contributed by atoms with van der Waals surface area (Å²) in [6.07, 6.45) is -1.49. The van der Waals surface area contributed by atoms with Crippen molar-refractivity contribution >= 4 is 31.3 Å². The molecule has 0 atom stereocenters. The molecule has 0 amide bonds. The molecule has 1 aromatic carbocycles. The van der Waals surface area contributed by atoms with Crippen LogP contribution in [-0.4, -0.2) is 38.7 Å². The molecule has 29 heavy (non-hydrogen) atoms. The Balaban J connectivity index is 1.61. The third-order valence-electron chi connectivity index (χ3n) is 3.83. The Morgan fingerprint density at radius 2 is 1.69 bits per heavy atom. The van der Waals surface area contributed by atoms with Crippen LogP contribution < -0.4 is 9.44 Å². The molecule has 8 nitrogen and oxygen atoms in total. The van der Waals surface area contributed by atoms with Crippen LogP contribution in [0.5, 0.6) is 0 Å². The Kier molecular flexibility index (Phi) is 5.56. The van der Waals surface area contributed by atoms with Gasteiger partial charge in [-0.15, -0.1) is 0 Å². The van der Waals surface area contributed by atoms with Gasteiger partial charge in [0.15, 0.2) is 0 Å². The van der Waals surface area contributed by atoms with Gasteiger partial charge in [0.05, 0.1) is 27.4 Å². The second-order valence-electron chi connectivity index (χ2n) is 5.96. The van der Waals surface area contributed by atoms with Gasteiger partial charge < -0.3 is 0 Å². The van der Waals surface area contributed by atoms with Crippen molar-refractivity contribution in [1.29, 1.82) is 0 Å². The summed E-state index contributed by atoms with van der Waals surface area (Å²) in [5, 5.41) is 3.98. The molecule has 0 spiro atoms. The van der Waals surface area contributed by atoms with Crippen LogP contribution in [0.25, 0.3) is 5.52 Å². The number of aromatic nitrogens is 2. The normalized spacial score (nSPS) is 12.9. The van der Waals surface area contributed by atoms with E-state index >= 15 is 0 Å². The average Bonchev–Trinajstić information content (AvgIpc) is 3.08. The van der Waals surface area contributed by atoms with E-state index in [-0.39, 0.29) is 5.69 Å². The molecule has 0 unspecified atom stereocenters. The monoisotopic (exact) mass is 448 g/mol. The van der Waals surface area contributed by atoms with E-state index in [0.717, 1.165) is 12.1 Å². The van der Waals surface area contributed by atoms with Crippen molar-refractivity contribution in [3.8, 4) is 0 Å². The summed E-state index contributed by atoms with van der Waals surface area (Å²) in [6, 6.07) is 7.60. The van der Waals surface area contributed by atoms with Gasteiger partial charge in [-0.25, -0.2) is 26.1 Å². The lowest BCUT2D eigenvalue weighted by Gasteiger charge is -2.11. The molecule has 0 aliphatic carbocycles. The molecule has 0 fully saturated rings. The second-order valence-corrected chi connectivity index (χ2v) is 9.57. The summed E-state index contributed by atoms with van der Waals surface area (Å²) in [5.74, 6) is -0.572. The first-order chi connectivity index (χ1) is 13.5. The van der Waals surface area contributed by atoms with Crippen LogP contribution in [0.3, 0.4) is 0 Å². The predicted octanol–water partition coefficient (Wildman–Crippen LogP) is 2.07. The van der Waals surface area contributed by atoms with Crippen LogP contribution in [0, 0.1) is 0 Å². The summed E-state index contributed by atoms with van der Waals surface area (Å²) in [6.45, 7) is -0.465. The highest BCUT2D eigenvalue weighted by Crippen LogP contribution is 2.29. The fourth-order valence-corrected chi connectivity index (χ4v) is 4.55. The lowest BCUT2D eigenvalue weighted by atomic mass is 10.2. The van der Waals surface area contributed by atoms with Gasteiger partial charge in [0.2, 0.25) is 20.0 Å². The minimum absolute atomic E-state index is 0.281. The topological polar surface area (TPSA) is 110 Å². The summed E-state index contributed by atoms with van der Waals surface area (Å²) < 4.78 is 92.2. The Hall–Kier alpha value is -2.64. The predicted molar refractivity (Wildman–Crippen MR) is 99.2 cm³/mol. The summed E-state index contributed by atoms with van der Waals surface area (Å²) in [5.41, 5.74) is -0.0461. The zero-order valence-corrected chi connectivity index (χ0v) is 16.2. The molecule has 13 heteroatoms. The average molecular weight is 448 g/mol. The van der Waals surface area contributed by atoms with Gasteiger partial charge in [-0.2, -0.15) is 18.3 Å². The zero-order valence-electron chi connectivity index (χ0n) is 14.6. The maximum Gasteiger partial charge on any atom is 0.416 e. The molecule has 0 saturated carbocycles. The number of hydrogen-bond donors (Lipinski definition) is 2. The number of rotatable bonds is 7. The van der Waals surface area contributed by atoms with Gasteiger partial charge in [0, 0.05) is 18.9 Å². The van der Waals surface area contributed by atoms with Crippen LogP contribution >= 0.6 is 0 Å². The number of halogens is 3. The van der Waals surface area contributed by atoms with Crippen molar-refractivity contribution < 1.29 is 30.0 Å².